The molecule has 1 N–H and O–H groups in total. The second-order valence-corrected chi connectivity index (χ2v) is 7.42. The molecule has 0 amide bonds. The summed E-state index contributed by atoms with van der Waals surface area (Å²) >= 11 is 6.10. The van der Waals surface area contributed by atoms with E-state index in [1.807, 2.05) is 18.2 Å². The van der Waals surface area contributed by atoms with Crippen molar-refractivity contribution in [3.05, 3.63) is 34.9 Å². The molecular weight excluding hydrogens is 282 g/mol. The van der Waals surface area contributed by atoms with Gasteiger partial charge in [0.15, 0.2) is 0 Å². The highest BCUT2D eigenvalue weighted by atomic mass is 35.5. The monoisotopic (exact) mass is 309 g/mol. The first kappa shape index (κ1) is 16.8. The maximum atomic E-state index is 9.93. The minimum absolute atomic E-state index is 0.0775. The third-order valence-corrected chi connectivity index (χ3v) is 5.48. The van der Waals surface area contributed by atoms with E-state index in [4.69, 9.17) is 11.6 Å². The van der Waals surface area contributed by atoms with E-state index in [1.165, 1.54) is 18.4 Å². The van der Waals surface area contributed by atoms with Crippen LogP contribution < -0.4 is 0 Å². The molecule has 0 aromatic heterocycles. The zero-order chi connectivity index (χ0) is 15.5. The minimum Gasteiger partial charge on any atom is -0.396 e. The molecule has 0 aliphatic heterocycles. The molecule has 1 aromatic carbocycles. The van der Waals surface area contributed by atoms with Gasteiger partial charge >= 0.3 is 0 Å². The van der Waals surface area contributed by atoms with Crippen molar-refractivity contribution in [3.63, 3.8) is 0 Å². The molecule has 1 fully saturated rings. The predicted molar refractivity (Wildman–Crippen MR) is 89.6 cm³/mol. The average Bonchev–Trinajstić information content (AvgIpc) is 2.49. The Balaban J connectivity index is 2.03. The van der Waals surface area contributed by atoms with Crippen molar-refractivity contribution in [2.24, 2.45) is 11.3 Å². The summed E-state index contributed by atoms with van der Waals surface area (Å²) in [7, 11) is 2.15. The Kier molecular flexibility index (Phi) is 5.70. The molecule has 1 aromatic rings. The number of aliphatic hydroxyl groups excluding tert-OH is 1. The molecule has 3 heteroatoms. The first-order valence-corrected chi connectivity index (χ1v) is 8.40. The molecule has 0 spiro atoms. The van der Waals surface area contributed by atoms with Gasteiger partial charge in [0.05, 0.1) is 0 Å². The van der Waals surface area contributed by atoms with Crippen LogP contribution in [0.4, 0.5) is 0 Å². The van der Waals surface area contributed by atoms with E-state index >= 15 is 0 Å². The Bertz CT molecular complexity index is 454. The number of nitrogens with zero attached hydrogens (tertiary/aromatic N) is 1. The van der Waals surface area contributed by atoms with Crippen LogP contribution in [0.5, 0.6) is 0 Å². The first-order chi connectivity index (χ1) is 9.96. The highest BCUT2D eigenvalue weighted by Gasteiger charge is 2.35. The molecule has 2 nitrogen and oxygen atoms in total. The fourth-order valence-corrected chi connectivity index (χ4v) is 3.63. The number of hydrogen-bond donors (Lipinski definition) is 1. The molecule has 1 aliphatic rings. The smallest absolute Gasteiger partial charge is 0.0499 e. The molecule has 21 heavy (non-hydrogen) atoms. The Hall–Kier alpha value is -0.570. The zero-order valence-electron chi connectivity index (χ0n) is 13.5. The summed E-state index contributed by atoms with van der Waals surface area (Å²) in [5.74, 6) is 0.806. The highest BCUT2D eigenvalue weighted by Crippen LogP contribution is 2.40. The second-order valence-electron chi connectivity index (χ2n) is 6.99. The SMILES string of the molecule is CC1CCC(CO)(CN(C)C(C)c2cccc(Cl)c2)CC1. The number of rotatable bonds is 5. The molecular formula is C18H28ClNO. The summed E-state index contributed by atoms with van der Waals surface area (Å²) in [5.41, 5.74) is 1.32. The lowest BCUT2D eigenvalue weighted by atomic mass is 9.71. The fraction of sp³-hybridized carbons (Fsp3) is 0.667. The summed E-state index contributed by atoms with van der Waals surface area (Å²) in [5, 5.41) is 10.7. The van der Waals surface area contributed by atoms with E-state index in [2.05, 4.69) is 31.9 Å². The van der Waals surface area contributed by atoms with E-state index in [0.717, 1.165) is 30.3 Å². The van der Waals surface area contributed by atoms with Crippen LogP contribution in [0.15, 0.2) is 24.3 Å². The summed E-state index contributed by atoms with van der Waals surface area (Å²) in [6.07, 6.45) is 4.74. The van der Waals surface area contributed by atoms with Crippen molar-refractivity contribution in [1.82, 2.24) is 4.90 Å². The zero-order valence-corrected chi connectivity index (χ0v) is 14.2. The standard InChI is InChI=1S/C18H28ClNO/c1-14-7-9-18(13-21,10-8-14)12-20(3)15(2)16-5-4-6-17(19)11-16/h4-6,11,14-15,21H,7-10,12-13H2,1-3H3. The fourth-order valence-electron chi connectivity index (χ4n) is 3.43. The van der Waals surface area contributed by atoms with Crippen LogP contribution in [-0.4, -0.2) is 30.2 Å². The Morgan fingerprint density at radius 1 is 1.38 bits per heavy atom. The lowest BCUT2D eigenvalue weighted by molar-refractivity contribution is 0.0267. The van der Waals surface area contributed by atoms with Gasteiger partial charge in [-0.05, 0) is 50.4 Å². The van der Waals surface area contributed by atoms with Crippen LogP contribution in [0.1, 0.15) is 51.1 Å². The van der Waals surface area contributed by atoms with Crippen LogP contribution in [0, 0.1) is 11.3 Å². The third kappa shape index (κ3) is 4.21. The van der Waals surface area contributed by atoms with Gasteiger partial charge in [-0.2, -0.15) is 0 Å². The quantitative estimate of drug-likeness (QED) is 0.864. The molecule has 1 unspecified atom stereocenters. The van der Waals surface area contributed by atoms with E-state index in [0.29, 0.717) is 12.6 Å². The molecule has 1 saturated carbocycles. The highest BCUT2D eigenvalue weighted by molar-refractivity contribution is 6.30. The van der Waals surface area contributed by atoms with Gasteiger partial charge in [-0.25, -0.2) is 0 Å². The van der Waals surface area contributed by atoms with Crippen molar-refractivity contribution in [2.45, 2.75) is 45.6 Å². The lowest BCUT2D eigenvalue weighted by Gasteiger charge is -2.42. The van der Waals surface area contributed by atoms with Crippen molar-refractivity contribution >= 4 is 11.6 Å². The van der Waals surface area contributed by atoms with Gasteiger partial charge in [0.25, 0.3) is 0 Å². The molecule has 0 saturated heterocycles. The number of benzene rings is 1. The third-order valence-electron chi connectivity index (χ3n) is 5.25. The van der Waals surface area contributed by atoms with Crippen molar-refractivity contribution in [3.8, 4) is 0 Å². The Labute approximate surface area is 134 Å². The van der Waals surface area contributed by atoms with Crippen LogP contribution >= 0.6 is 11.6 Å². The second kappa shape index (κ2) is 7.13. The van der Waals surface area contributed by atoms with Gasteiger partial charge in [-0.15, -0.1) is 0 Å². The van der Waals surface area contributed by atoms with E-state index in [-0.39, 0.29) is 5.41 Å². The van der Waals surface area contributed by atoms with Gasteiger partial charge in [0, 0.05) is 29.6 Å². The molecule has 2 rings (SSSR count). The number of hydrogen-bond acceptors (Lipinski definition) is 2. The predicted octanol–water partition coefficient (Wildman–Crippen LogP) is 4.52. The molecule has 0 bridgehead atoms. The summed E-state index contributed by atoms with van der Waals surface area (Å²) in [6.45, 7) is 5.78. The topological polar surface area (TPSA) is 23.5 Å². The van der Waals surface area contributed by atoms with Gasteiger partial charge in [-0.3, -0.25) is 4.90 Å². The summed E-state index contributed by atoms with van der Waals surface area (Å²) in [6, 6.07) is 8.40. The molecule has 0 heterocycles. The number of halogens is 1. The maximum Gasteiger partial charge on any atom is 0.0499 e. The van der Waals surface area contributed by atoms with Crippen LogP contribution in [0.2, 0.25) is 5.02 Å². The average molecular weight is 310 g/mol. The minimum atomic E-state index is 0.0775. The van der Waals surface area contributed by atoms with E-state index in [1.54, 1.807) is 0 Å². The first-order valence-electron chi connectivity index (χ1n) is 8.02. The van der Waals surface area contributed by atoms with Crippen LogP contribution in [0.25, 0.3) is 0 Å². The summed E-state index contributed by atoms with van der Waals surface area (Å²) < 4.78 is 0. The maximum absolute atomic E-state index is 9.93. The van der Waals surface area contributed by atoms with Gasteiger partial charge in [0.2, 0.25) is 0 Å². The lowest BCUT2D eigenvalue weighted by Crippen LogP contribution is -2.41. The molecule has 118 valence electrons. The van der Waals surface area contributed by atoms with Crippen molar-refractivity contribution < 1.29 is 5.11 Å². The Morgan fingerprint density at radius 2 is 2.05 bits per heavy atom. The van der Waals surface area contributed by atoms with Crippen molar-refractivity contribution in [2.75, 3.05) is 20.2 Å². The molecule has 0 radical (unpaired) electrons. The normalized spacial score (nSPS) is 27.8. The van der Waals surface area contributed by atoms with Crippen LogP contribution in [-0.2, 0) is 0 Å². The molecule has 1 aliphatic carbocycles. The Morgan fingerprint density at radius 3 is 2.62 bits per heavy atom. The van der Waals surface area contributed by atoms with E-state index in [9.17, 15) is 5.11 Å². The van der Waals surface area contributed by atoms with Gasteiger partial charge in [-0.1, -0.05) is 43.5 Å². The van der Waals surface area contributed by atoms with Gasteiger partial charge < -0.3 is 5.11 Å². The van der Waals surface area contributed by atoms with Gasteiger partial charge in [0.1, 0.15) is 0 Å². The largest absolute Gasteiger partial charge is 0.396 e. The van der Waals surface area contributed by atoms with Crippen molar-refractivity contribution in [1.29, 1.82) is 0 Å². The molecule has 1 atom stereocenters. The summed E-state index contributed by atoms with van der Waals surface area (Å²) in [4.78, 5) is 2.36. The van der Waals surface area contributed by atoms with E-state index < -0.39 is 0 Å². The van der Waals surface area contributed by atoms with Crippen LogP contribution in [0.3, 0.4) is 0 Å². The number of aliphatic hydroxyl groups is 1.